The summed E-state index contributed by atoms with van der Waals surface area (Å²) in [7, 11) is 0. The predicted octanol–water partition coefficient (Wildman–Crippen LogP) is 4.67. The second-order valence-corrected chi connectivity index (χ2v) is 6.99. The van der Waals surface area contributed by atoms with Gasteiger partial charge in [0.25, 0.3) is 0 Å². The van der Waals surface area contributed by atoms with Gasteiger partial charge in [-0.3, -0.25) is 0 Å². The molecule has 0 spiro atoms. The summed E-state index contributed by atoms with van der Waals surface area (Å²) in [4.78, 5) is 0. The first-order chi connectivity index (χ1) is 12.8. The van der Waals surface area contributed by atoms with Crippen LogP contribution in [0.1, 0.15) is 30.0 Å². The lowest BCUT2D eigenvalue weighted by Gasteiger charge is -2.27. The molecular weight excluding hydrogens is 358 g/mol. The van der Waals surface area contributed by atoms with Crippen molar-refractivity contribution in [3.8, 4) is 5.75 Å². The zero-order chi connectivity index (χ0) is 17.8. The molecule has 0 bridgehead atoms. The van der Waals surface area contributed by atoms with Crippen molar-refractivity contribution in [2.24, 2.45) is 0 Å². The van der Waals surface area contributed by atoms with Crippen molar-refractivity contribution in [3.05, 3.63) is 77.9 Å². The highest BCUT2D eigenvalue weighted by Crippen LogP contribution is 2.29. The maximum absolute atomic E-state index is 10.4. The smallest absolute Gasteiger partial charge is 0.127 e. The number of aryl methyl sites for hydroxylation is 1. The normalized spacial score (nSPS) is 17.0. The van der Waals surface area contributed by atoms with E-state index < -0.39 is 6.10 Å². The monoisotopic (exact) mass is 383 g/mol. The Morgan fingerprint density at radius 2 is 1.78 bits per heavy atom. The van der Waals surface area contributed by atoms with Crippen molar-refractivity contribution in [2.45, 2.75) is 31.4 Å². The van der Waals surface area contributed by atoms with E-state index in [4.69, 9.17) is 4.74 Å². The third-order valence-corrected chi connectivity index (χ3v) is 5.15. The Hall–Kier alpha value is -2.07. The number of benzene rings is 3. The Morgan fingerprint density at radius 3 is 2.70 bits per heavy atom. The van der Waals surface area contributed by atoms with Crippen LogP contribution in [0.15, 0.2) is 66.7 Å². The van der Waals surface area contributed by atoms with E-state index in [-0.39, 0.29) is 19.0 Å². The zero-order valence-corrected chi connectivity index (χ0v) is 16.1. The number of hydrogen-bond donors (Lipinski definition) is 2. The van der Waals surface area contributed by atoms with Gasteiger partial charge in [0.1, 0.15) is 18.5 Å². The number of rotatable bonds is 6. The standard InChI is InChI=1S/C23H25NO2.ClH/c25-19(15-24-22-13-5-9-17-7-1-3-11-20(17)22)16-26-23-14-6-10-18-8-2-4-12-21(18)23;/h1-4,6-8,10-12,14,19,22,24-25H,5,9,13,15-16H2;1H/t19-,22-;/m1./s1. The van der Waals surface area contributed by atoms with Gasteiger partial charge >= 0.3 is 0 Å². The predicted molar refractivity (Wildman–Crippen MR) is 113 cm³/mol. The quantitative estimate of drug-likeness (QED) is 0.650. The fourth-order valence-electron chi connectivity index (χ4n) is 3.81. The lowest BCUT2D eigenvalue weighted by Crippen LogP contribution is -2.35. The van der Waals surface area contributed by atoms with E-state index in [9.17, 15) is 5.11 Å². The number of nitrogens with one attached hydrogen (secondary N) is 1. The SMILES string of the molecule is Cl.O[C@H](CN[C@@H]1CCCc2ccccc21)COc1cccc2ccccc12. The molecule has 4 rings (SSSR count). The molecule has 3 aromatic carbocycles. The minimum atomic E-state index is -0.539. The molecule has 0 amide bonds. The number of fused-ring (bicyclic) bond motifs is 2. The number of halogens is 1. The van der Waals surface area contributed by atoms with Gasteiger partial charge in [-0.1, -0.05) is 60.7 Å². The van der Waals surface area contributed by atoms with Gasteiger partial charge in [0.2, 0.25) is 0 Å². The maximum atomic E-state index is 10.4. The van der Waals surface area contributed by atoms with Crippen LogP contribution in [0.3, 0.4) is 0 Å². The average Bonchev–Trinajstić information content (AvgIpc) is 2.70. The van der Waals surface area contributed by atoms with Crippen LogP contribution in [0.4, 0.5) is 0 Å². The van der Waals surface area contributed by atoms with Gasteiger partial charge in [0.05, 0.1) is 0 Å². The van der Waals surface area contributed by atoms with Crippen molar-refractivity contribution in [1.29, 1.82) is 0 Å². The zero-order valence-electron chi connectivity index (χ0n) is 15.3. The molecule has 2 atom stereocenters. The van der Waals surface area contributed by atoms with Crippen LogP contribution in [0, 0.1) is 0 Å². The van der Waals surface area contributed by atoms with E-state index in [2.05, 4.69) is 41.7 Å². The van der Waals surface area contributed by atoms with Crippen LogP contribution in [0.2, 0.25) is 0 Å². The average molecular weight is 384 g/mol. The number of ether oxygens (including phenoxy) is 1. The molecule has 4 heteroatoms. The Bertz CT molecular complexity index is 878. The summed E-state index contributed by atoms with van der Waals surface area (Å²) >= 11 is 0. The second-order valence-electron chi connectivity index (χ2n) is 6.99. The molecule has 3 nitrogen and oxygen atoms in total. The highest BCUT2D eigenvalue weighted by molar-refractivity contribution is 5.88. The van der Waals surface area contributed by atoms with Crippen LogP contribution < -0.4 is 10.1 Å². The molecule has 142 valence electrons. The molecule has 2 N–H and O–H groups in total. The van der Waals surface area contributed by atoms with E-state index in [1.54, 1.807) is 0 Å². The van der Waals surface area contributed by atoms with Crippen LogP contribution in [-0.2, 0) is 6.42 Å². The fraction of sp³-hybridized carbons (Fsp3) is 0.304. The van der Waals surface area contributed by atoms with E-state index in [1.165, 1.54) is 17.5 Å². The summed E-state index contributed by atoms with van der Waals surface area (Å²) in [5.41, 5.74) is 2.80. The Kier molecular flexibility index (Phi) is 6.73. The molecule has 0 heterocycles. The number of hydrogen-bond acceptors (Lipinski definition) is 3. The summed E-state index contributed by atoms with van der Waals surface area (Å²) in [6.45, 7) is 0.819. The van der Waals surface area contributed by atoms with Gasteiger partial charge in [-0.15, -0.1) is 12.4 Å². The Labute approximate surface area is 166 Å². The topological polar surface area (TPSA) is 41.5 Å². The first-order valence-electron chi connectivity index (χ1n) is 9.41. The molecular formula is C23H26ClNO2. The van der Waals surface area contributed by atoms with E-state index in [1.807, 2.05) is 30.3 Å². The second kappa shape index (κ2) is 9.23. The third-order valence-electron chi connectivity index (χ3n) is 5.15. The molecule has 0 aliphatic heterocycles. The van der Waals surface area contributed by atoms with Crippen molar-refractivity contribution in [3.63, 3.8) is 0 Å². The van der Waals surface area contributed by atoms with Gasteiger partial charge in [0, 0.05) is 18.0 Å². The molecule has 1 aliphatic carbocycles. The minimum absolute atomic E-state index is 0. The van der Waals surface area contributed by atoms with E-state index in [0.29, 0.717) is 12.6 Å². The molecule has 0 saturated carbocycles. The van der Waals surface area contributed by atoms with Gasteiger partial charge in [-0.25, -0.2) is 0 Å². The molecule has 0 saturated heterocycles. The van der Waals surface area contributed by atoms with Crippen molar-refractivity contribution < 1.29 is 9.84 Å². The lowest BCUT2D eigenvalue weighted by atomic mass is 9.88. The summed E-state index contributed by atoms with van der Waals surface area (Å²) < 4.78 is 5.90. The highest BCUT2D eigenvalue weighted by atomic mass is 35.5. The lowest BCUT2D eigenvalue weighted by molar-refractivity contribution is 0.103. The Balaban J connectivity index is 0.00000210. The largest absolute Gasteiger partial charge is 0.490 e. The summed E-state index contributed by atoms with van der Waals surface area (Å²) in [5, 5.41) is 16.1. The van der Waals surface area contributed by atoms with Crippen LogP contribution in [0.25, 0.3) is 10.8 Å². The third kappa shape index (κ3) is 4.62. The molecule has 3 aromatic rings. The van der Waals surface area contributed by atoms with Crippen LogP contribution >= 0.6 is 12.4 Å². The number of aliphatic hydroxyl groups excluding tert-OH is 1. The van der Waals surface area contributed by atoms with Crippen molar-refractivity contribution in [1.82, 2.24) is 5.32 Å². The Morgan fingerprint density at radius 1 is 1.00 bits per heavy atom. The molecule has 0 radical (unpaired) electrons. The van der Waals surface area contributed by atoms with Crippen molar-refractivity contribution in [2.75, 3.05) is 13.2 Å². The van der Waals surface area contributed by atoms with Crippen LogP contribution in [0.5, 0.6) is 5.75 Å². The summed E-state index contributed by atoms with van der Waals surface area (Å²) in [6.07, 6.45) is 2.93. The molecule has 0 unspecified atom stereocenters. The van der Waals surface area contributed by atoms with Gasteiger partial charge in [0.15, 0.2) is 0 Å². The van der Waals surface area contributed by atoms with Gasteiger partial charge in [-0.05, 0) is 41.8 Å². The highest BCUT2D eigenvalue weighted by Gasteiger charge is 2.20. The number of aliphatic hydroxyl groups is 1. The van der Waals surface area contributed by atoms with Gasteiger partial charge in [-0.2, -0.15) is 0 Å². The first kappa shape index (κ1) is 19.7. The molecule has 0 fully saturated rings. The fourth-order valence-corrected chi connectivity index (χ4v) is 3.81. The summed E-state index contributed by atoms with van der Waals surface area (Å²) in [5.74, 6) is 0.824. The van der Waals surface area contributed by atoms with Gasteiger partial charge < -0.3 is 15.2 Å². The molecule has 1 aliphatic rings. The van der Waals surface area contributed by atoms with Crippen molar-refractivity contribution >= 4 is 23.2 Å². The van der Waals surface area contributed by atoms with E-state index >= 15 is 0 Å². The molecule has 27 heavy (non-hydrogen) atoms. The molecule has 0 aromatic heterocycles. The first-order valence-corrected chi connectivity index (χ1v) is 9.41. The van der Waals surface area contributed by atoms with Crippen LogP contribution in [-0.4, -0.2) is 24.4 Å². The maximum Gasteiger partial charge on any atom is 0.127 e. The summed E-state index contributed by atoms with van der Waals surface area (Å²) in [6, 6.07) is 23.1. The minimum Gasteiger partial charge on any atom is -0.490 e. The van der Waals surface area contributed by atoms with E-state index in [0.717, 1.165) is 29.4 Å².